The number of rotatable bonds is 4. The molecule has 0 bridgehead atoms. The number of hydrogen-bond acceptors (Lipinski definition) is 2. The highest BCUT2D eigenvalue weighted by Gasteiger charge is 2.14. The standard InChI is InChI=1S/C13H13Br2NO/c1-16-11(12-5-6-13(15)17-12)8-9-3-2-4-10(14)7-9/h2-7,11,16H,8H2,1H3. The van der Waals surface area contributed by atoms with Crippen LogP contribution >= 0.6 is 31.9 Å². The van der Waals surface area contributed by atoms with Gasteiger partial charge in [-0.1, -0.05) is 28.1 Å². The molecule has 0 aliphatic heterocycles. The summed E-state index contributed by atoms with van der Waals surface area (Å²) in [6.07, 6.45) is 0.899. The van der Waals surface area contributed by atoms with Crippen molar-refractivity contribution in [2.45, 2.75) is 12.5 Å². The molecular weight excluding hydrogens is 346 g/mol. The summed E-state index contributed by atoms with van der Waals surface area (Å²) in [6.45, 7) is 0. The van der Waals surface area contributed by atoms with Gasteiger partial charge in [-0.25, -0.2) is 0 Å². The van der Waals surface area contributed by atoms with Gasteiger partial charge in [-0.2, -0.15) is 0 Å². The Balaban J connectivity index is 2.15. The van der Waals surface area contributed by atoms with Crippen molar-refractivity contribution in [3.05, 3.63) is 56.9 Å². The van der Waals surface area contributed by atoms with Crippen molar-refractivity contribution >= 4 is 31.9 Å². The topological polar surface area (TPSA) is 25.2 Å². The molecule has 1 unspecified atom stereocenters. The zero-order valence-electron chi connectivity index (χ0n) is 9.41. The lowest BCUT2D eigenvalue weighted by atomic mass is 10.0. The van der Waals surface area contributed by atoms with Crippen molar-refractivity contribution in [1.29, 1.82) is 0 Å². The normalized spacial score (nSPS) is 12.6. The van der Waals surface area contributed by atoms with Crippen LogP contribution in [0.2, 0.25) is 0 Å². The minimum atomic E-state index is 0.190. The number of halogens is 2. The lowest BCUT2D eigenvalue weighted by Crippen LogP contribution is -2.18. The Labute approximate surface area is 118 Å². The average molecular weight is 359 g/mol. The van der Waals surface area contributed by atoms with E-state index in [-0.39, 0.29) is 6.04 Å². The number of benzene rings is 1. The molecule has 90 valence electrons. The van der Waals surface area contributed by atoms with Gasteiger partial charge >= 0.3 is 0 Å². The fourth-order valence-corrected chi connectivity index (χ4v) is 2.53. The first-order valence-electron chi connectivity index (χ1n) is 5.36. The molecule has 1 N–H and O–H groups in total. The summed E-state index contributed by atoms with van der Waals surface area (Å²) in [5.41, 5.74) is 1.27. The molecule has 0 fully saturated rings. The van der Waals surface area contributed by atoms with E-state index in [0.29, 0.717) is 0 Å². The largest absolute Gasteiger partial charge is 0.453 e. The third-order valence-corrected chi connectivity index (χ3v) is 3.53. The van der Waals surface area contributed by atoms with Gasteiger partial charge in [0.05, 0.1) is 6.04 Å². The summed E-state index contributed by atoms with van der Waals surface area (Å²) < 4.78 is 7.45. The van der Waals surface area contributed by atoms with E-state index in [4.69, 9.17) is 4.42 Å². The maximum atomic E-state index is 5.58. The number of likely N-dealkylation sites (N-methyl/N-ethyl adjacent to an activating group) is 1. The summed E-state index contributed by atoms with van der Waals surface area (Å²) >= 11 is 6.81. The van der Waals surface area contributed by atoms with E-state index >= 15 is 0 Å². The number of furan rings is 1. The van der Waals surface area contributed by atoms with Crippen LogP contribution in [0.5, 0.6) is 0 Å². The Morgan fingerprint density at radius 1 is 1.24 bits per heavy atom. The predicted molar refractivity (Wildman–Crippen MR) is 76.1 cm³/mol. The summed E-state index contributed by atoms with van der Waals surface area (Å²) in [5, 5.41) is 3.27. The first-order chi connectivity index (χ1) is 8.19. The van der Waals surface area contributed by atoms with Crippen LogP contribution in [0.15, 0.2) is 50.0 Å². The number of hydrogen-bond donors (Lipinski definition) is 1. The summed E-state index contributed by atoms with van der Waals surface area (Å²) in [7, 11) is 1.94. The Bertz CT molecular complexity index is 496. The SMILES string of the molecule is CNC(Cc1cccc(Br)c1)c1ccc(Br)o1. The highest BCUT2D eigenvalue weighted by molar-refractivity contribution is 9.10. The van der Waals surface area contributed by atoms with Gasteiger partial charge in [0.25, 0.3) is 0 Å². The molecule has 1 atom stereocenters. The zero-order valence-corrected chi connectivity index (χ0v) is 12.6. The van der Waals surface area contributed by atoms with Crippen molar-refractivity contribution in [3.63, 3.8) is 0 Å². The molecule has 1 aromatic heterocycles. The first kappa shape index (κ1) is 12.9. The second-order valence-electron chi connectivity index (χ2n) is 3.82. The molecule has 2 aromatic rings. The molecule has 0 spiro atoms. The Morgan fingerprint density at radius 2 is 2.06 bits per heavy atom. The van der Waals surface area contributed by atoms with Crippen LogP contribution in [-0.4, -0.2) is 7.05 Å². The fraction of sp³-hybridized carbons (Fsp3) is 0.231. The van der Waals surface area contributed by atoms with E-state index in [9.17, 15) is 0 Å². The molecule has 1 heterocycles. The second-order valence-corrected chi connectivity index (χ2v) is 5.51. The molecule has 0 saturated heterocycles. The van der Waals surface area contributed by atoms with Crippen molar-refractivity contribution in [3.8, 4) is 0 Å². The minimum absolute atomic E-state index is 0.190. The molecule has 4 heteroatoms. The third-order valence-electron chi connectivity index (χ3n) is 2.61. The Morgan fingerprint density at radius 3 is 2.65 bits per heavy atom. The third kappa shape index (κ3) is 3.44. The van der Waals surface area contributed by atoms with Gasteiger partial charge in [0.15, 0.2) is 4.67 Å². The van der Waals surface area contributed by atoms with Crippen LogP contribution < -0.4 is 5.32 Å². The highest BCUT2D eigenvalue weighted by Crippen LogP contribution is 2.24. The molecule has 0 saturated carbocycles. The van der Waals surface area contributed by atoms with Crippen molar-refractivity contribution in [2.75, 3.05) is 7.05 Å². The van der Waals surface area contributed by atoms with Crippen LogP contribution in [0.1, 0.15) is 17.4 Å². The van der Waals surface area contributed by atoms with Crippen LogP contribution in [-0.2, 0) is 6.42 Å². The molecule has 0 aliphatic carbocycles. The molecule has 0 aliphatic rings. The second kappa shape index (κ2) is 5.85. The molecule has 17 heavy (non-hydrogen) atoms. The highest BCUT2D eigenvalue weighted by atomic mass is 79.9. The maximum Gasteiger partial charge on any atom is 0.169 e. The van der Waals surface area contributed by atoms with Crippen molar-refractivity contribution < 1.29 is 4.42 Å². The number of nitrogens with one attached hydrogen (secondary N) is 1. The monoisotopic (exact) mass is 357 g/mol. The van der Waals surface area contributed by atoms with Crippen molar-refractivity contribution in [2.24, 2.45) is 0 Å². The lowest BCUT2D eigenvalue weighted by Gasteiger charge is -2.13. The average Bonchev–Trinajstić information content (AvgIpc) is 2.73. The first-order valence-corrected chi connectivity index (χ1v) is 6.94. The van der Waals surface area contributed by atoms with E-state index in [0.717, 1.165) is 21.3 Å². The molecule has 0 radical (unpaired) electrons. The van der Waals surface area contributed by atoms with Gasteiger partial charge in [-0.3, -0.25) is 0 Å². The summed E-state index contributed by atoms with van der Waals surface area (Å²) in [5.74, 6) is 0.944. The summed E-state index contributed by atoms with van der Waals surface area (Å²) in [6, 6.07) is 12.4. The molecule has 1 aromatic carbocycles. The predicted octanol–water partition coefficient (Wildman–Crippen LogP) is 4.31. The van der Waals surface area contributed by atoms with Gasteiger partial charge in [-0.15, -0.1) is 0 Å². The van der Waals surface area contributed by atoms with E-state index in [1.54, 1.807) is 0 Å². The quantitative estimate of drug-likeness (QED) is 0.880. The minimum Gasteiger partial charge on any atom is -0.453 e. The molecule has 0 amide bonds. The maximum absolute atomic E-state index is 5.58. The van der Waals surface area contributed by atoms with E-state index in [1.807, 2.05) is 31.3 Å². The van der Waals surface area contributed by atoms with Gasteiger partial charge in [0.2, 0.25) is 0 Å². The summed E-state index contributed by atoms with van der Waals surface area (Å²) in [4.78, 5) is 0. The Hall–Kier alpha value is -0.580. The Kier molecular flexibility index (Phi) is 4.42. The zero-order chi connectivity index (χ0) is 12.3. The van der Waals surface area contributed by atoms with E-state index in [1.165, 1.54) is 5.56 Å². The van der Waals surface area contributed by atoms with Crippen LogP contribution in [0.4, 0.5) is 0 Å². The molecular formula is C13H13Br2NO. The van der Waals surface area contributed by atoms with Gasteiger partial charge < -0.3 is 9.73 Å². The van der Waals surface area contributed by atoms with Crippen LogP contribution in [0.25, 0.3) is 0 Å². The van der Waals surface area contributed by atoms with Gasteiger partial charge in [0.1, 0.15) is 5.76 Å². The lowest BCUT2D eigenvalue weighted by molar-refractivity contribution is 0.416. The van der Waals surface area contributed by atoms with Gasteiger partial charge in [-0.05, 0) is 59.2 Å². The van der Waals surface area contributed by atoms with Crippen molar-refractivity contribution in [1.82, 2.24) is 5.32 Å². The van der Waals surface area contributed by atoms with Crippen LogP contribution in [0, 0.1) is 0 Å². The molecule has 2 rings (SSSR count). The van der Waals surface area contributed by atoms with Crippen LogP contribution in [0.3, 0.4) is 0 Å². The fourth-order valence-electron chi connectivity index (χ4n) is 1.76. The molecule has 2 nitrogen and oxygen atoms in total. The van der Waals surface area contributed by atoms with E-state index in [2.05, 4.69) is 49.3 Å². The van der Waals surface area contributed by atoms with E-state index < -0.39 is 0 Å². The van der Waals surface area contributed by atoms with Gasteiger partial charge in [0, 0.05) is 4.47 Å². The smallest absolute Gasteiger partial charge is 0.169 e.